The summed E-state index contributed by atoms with van der Waals surface area (Å²) >= 11 is 0. The third-order valence-corrected chi connectivity index (χ3v) is 4.47. The van der Waals surface area contributed by atoms with Crippen LogP contribution in [0.25, 0.3) is 0 Å². The average Bonchev–Trinajstić information content (AvgIpc) is 3.07. The van der Waals surface area contributed by atoms with E-state index in [2.05, 4.69) is 55.2 Å². The predicted molar refractivity (Wildman–Crippen MR) is 104 cm³/mol. The first-order valence-electron chi connectivity index (χ1n) is 9.13. The smallest absolute Gasteiger partial charge is 0.193 e. The maximum Gasteiger partial charge on any atom is 0.193 e. The molecule has 140 valence electrons. The number of aliphatic imine (C=N–C) groups is 1. The van der Waals surface area contributed by atoms with Crippen LogP contribution in [0, 0.1) is 5.92 Å². The van der Waals surface area contributed by atoms with Crippen molar-refractivity contribution in [1.29, 1.82) is 0 Å². The molecule has 1 atom stereocenters. The summed E-state index contributed by atoms with van der Waals surface area (Å²) in [7, 11) is 3.89. The van der Waals surface area contributed by atoms with Crippen LogP contribution in [0.3, 0.4) is 0 Å². The van der Waals surface area contributed by atoms with Crippen molar-refractivity contribution in [2.45, 2.75) is 32.6 Å². The number of hydrogen-bond donors (Lipinski definition) is 1. The van der Waals surface area contributed by atoms with E-state index < -0.39 is 0 Å². The first kappa shape index (κ1) is 19.6. The number of rotatable bonds is 6. The zero-order valence-corrected chi connectivity index (χ0v) is 16.3. The first-order valence-corrected chi connectivity index (χ1v) is 9.13. The van der Waals surface area contributed by atoms with Crippen molar-refractivity contribution in [3.8, 4) is 5.75 Å². The molecule has 1 aromatic rings. The zero-order valence-electron chi connectivity index (χ0n) is 16.3. The van der Waals surface area contributed by atoms with E-state index in [0.29, 0.717) is 12.5 Å². The first-order chi connectivity index (χ1) is 11.9. The van der Waals surface area contributed by atoms with Gasteiger partial charge in [0, 0.05) is 33.2 Å². The van der Waals surface area contributed by atoms with Crippen molar-refractivity contribution < 1.29 is 9.47 Å². The Morgan fingerprint density at radius 2 is 2.12 bits per heavy atom. The van der Waals surface area contributed by atoms with Gasteiger partial charge >= 0.3 is 0 Å². The number of nitrogens with zero attached hydrogens (tertiary/aromatic N) is 2. The zero-order chi connectivity index (χ0) is 18.3. The van der Waals surface area contributed by atoms with Gasteiger partial charge in [-0.2, -0.15) is 0 Å². The third-order valence-electron chi connectivity index (χ3n) is 4.47. The van der Waals surface area contributed by atoms with Crippen LogP contribution in [0.5, 0.6) is 5.75 Å². The van der Waals surface area contributed by atoms with E-state index in [0.717, 1.165) is 44.4 Å². The molecular formula is C20H33N3O2. The Labute approximate surface area is 152 Å². The van der Waals surface area contributed by atoms with Crippen molar-refractivity contribution in [1.82, 2.24) is 10.2 Å². The van der Waals surface area contributed by atoms with Gasteiger partial charge in [-0.15, -0.1) is 0 Å². The van der Waals surface area contributed by atoms with E-state index >= 15 is 0 Å². The predicted octanol–water partition coefficient (Wildman–Crippen LogP) is 2.91. The van der Waals surface area contributed by atoms with Gasteiger partial charge in [0.05, 0.1) is 13.2 Å². The fourth-order valence-electron chi connectivity index (χ4n) is 3.12. The minimum absolute atomic E-state index is 0.0730. The molecule has 5 heteroatoms. The van der Waals surface area contributed by atoms with Crippen LogP contribution in [-0.2, 0) is 10.2 Å². The Kier molecular flexibility index (Phi) is 7.12. The van der Waals surface area contributed by atoms with Crippen molar-refractivity contribution in [2.24, 2.45) is 10.9 Å². The average molecular weight is 348 g/mol. The van der Waals surface area contributed by atoms with Gasteiger partial charge in [-0.05, 0) is 23.5 Å². The van der Waals surface area contributed by atoms with Crippen molar-refractivity contribution in [3.05, 3.63) is 29.8 Å². The topological polar surface area (TPSA) is 46.1 Å². The van der Waals surface area contributed by atoms with Crippen molar-refractivity contribution in [2.75, 3.05) is 47.0 Å². The second kappa shape index (κ2) is 9.09. The molecule has 0 radical (unpaired) electrons. The lowest BCUT2D eigenvalue weighted by molar-refractivity contribution is 0.181. The third kappa shape index (κ3) is 5.92. The standard InChI is InChI=1S/C20H33N3O2/c1-20(2,3)17-8-6-7-9-18(17)25-13-11-22-19(21-4)23(5)14-16-10-12-24-15-16/h6-9,16H,10-15H2,1-5H3,(H,21,22). The molecule has 0 bridgehead atoms. The van der Waals surface area contributed by atoms with Crippen molar-refractivity contribution >= 4 is 5.96 Å². The number of benzene rings is 1. The Balaban J connectivity index is 1.80. The van der Waals surface area contributed by atoms with Crippen LogP contribution < -0.4 is 10.1 Å². The molecule has 0 aromatic heterocycles. The minimum atomic E-state index is 0.0730. The number of para-hydroxylation sites is 1. The van der Waals surface area contributed by atoms with Crippen LogP contribution in [0.4, 0.5) is 0 Å². The van der Waals surface area contributed by atoms with Crippen molar-refractivity contribution in [3.63, 3.8) is 0 Å². The fourth-order valence-corrected chi connectivity index (χ4v) is 3.12. The van der Waals surface area contributed by atoms with E-state index in [9.17, 15) is 0 Å². The molecule has 0 aliphatic carbocycles. The molecule has 1 aliphatic rings. The summed E-state index contributed by atoms with van der Waals surface area (Å²) in [5.41, 5.74) is 1.31. The van der Waals surface area contributed by atoms with E-state index in [-0.39, 0.29) is 5.41 Å². The second-order valence-electron chi connectivity index (χ2n) is 7.68. The molecule has 1 saturated heterocycles. The SMILES string of the molecule is CN=C(NCCOc1ccccc1C(C)(C)C)N(C)CC1CCOC1. The lowest BCUT2D eigenvalue weighted by Crippen LogP contribution is -2.42. The molecule has 1 unspecified atom stereocenters. The number of hydrogen-bond acceptors (Lipinski definition) is 3. The second-order valence-corrected chi connectivity index (χ2v) is 7.68. The summed E-state index contributed by atoms with van der Waals surface area (Å²) in [5, 5.41) is 3.38. The van der Waals surface area contributed by atoms with E-state index in [4.69, 9.17) is 9.47 Å². The molecule has 1 N–H and O–H groups in total. The van der Waals surface area contributed by atoms with Crippen LogP contribution in [-0.4, -0.2) is 57.9 Å². The maximum atomic E-state index is 6.02. The molecule has 2 rings (SSSR count). The van der Waals surface area contributed by atoms with Gasteiger partial charge < -0.3 is 19.7 Å². The van der Waals surface area contributed by atoms with Crippen LogP contribution in [0.15, 0.2) is 29.3 Å². The largest absolute Gasteiger partial charge is 0.491 e. The molecule has 0 saturated carbocycles. The van der Waals surface area contributed by atoms with Gasteiger partial charge in [-0.3, -0.25) is 4.99 Å². The molecule has 0 amide bonds. The highest BCUT2D eigenvalue weighted by Crippen LogP contribution is 2.30. The van der Waals surface area contributed by atoms with E-state index in [1.807, 2.05) is 19.2 Å². The molecule has 1 aliphatic heterocycles. The number of nitrogens with one attached hydrogen (secondary N) is 1. The van der Waals surface area contributed by atoms with E-state index in [1.54, 1.807) is 0 Å². The maximum absolute atomic E-state index is 6.02. The molecule has 25 heavy (non-hydrogen) atoms. The lowest BCUT2D eigenvalue weighted by Gasteiger charge is -2.25. The van der Waals surface area contributed by atoms with Gasteiger partial charge in [0.1, 0.15) is 12.4 Å². The van der Waals surface area contributed by atoms with Crippen LogP contribution in [0.2, 0.25) is 0 Å². The van der Waals surface area contributed by atoms with Gasteiger partial charge in [0.15, 0.2) is 5.96 Å². The summed E-state index contributed by atoms with van der Waals surface area (Å²) in [5.74, 6) is 2.46. The Hall–Kier alpha value is -1.75. The summed E-state index contributed by atoms with van der Waals surface area (Å²) < 4.78 is 11.5. The summed E-state index contributed by atoms with van der Waals surface area (Å²) in [6.07, 6.45) is 1.13. The highest BCUT2D eigenvalue weighted by atomic mass is 16.5. The summed E-state index contributed by atoms with van der Waals surface area (Å²) in [4.78, 5) is 6.54. The van der Waals surface area contributed by atoms with Gasteiger partial charge in [-0.1, -0.05) is 39.0 Å². The van der Waals surface area contributed by atoms with Crippen LogP contribution >= 0.6 is 0 Å². The quantitative estimate of drug-likeness (QED) is 0.488. The van der Waals surface area contributed by atoms with E-state index in [1.165, 1.54) is 5.56 Å². The monoisotopic (exact) mass is 347 g/mol. The Bertz CT molecular complexity index is 560. The summed E-state index contributed by atoms with van der Waals surface area (Å²) in [6.45, 7) is 10.6. The molecule has 1 aromatic carbocycles. The fraction of sp³-hybridized carbons (Fsp3) is 0.650. The lowest BCUT2D eigenvalue weighted by atomic mass is 9.86. The van der Waals surface area contributed by atoms with Gasteiger partial charge in [-0.25, -0.2) is 0 Å². The number of guanidine groups is 1. The molecule has 1 fully saturated rings. The van der Waals surface area contributed by atoms with Crippen LogP contribution in [0.1, 0.15) is 32.8 Å². The Morgan fingerprint density at radius 3 is 2.76 bits per heavy atom. The highest BCUT2D eigenvalue weighted by molar-refractivity contribution is 5.79. The molecule has 5 nitrogen and oxygen atoms in total. The normalized spacial score (nSPS) is 18.3. The van der Waals surface area contributed by atoms with Gasteiger partial charge in [0.25, 0.3) is 0 Å². The summed E-state index contributed by atoms with van der Waals surface area (Å²) in [6, 6.07) is 8.27. The molecular weight excluding hydrogens is 314 g/mol. The minimum Gasteiger partial charge on any atom is -0.491 e. The Morgan fingerprint density at radius 1 is 1.36 bits per heavy atom. The number of ether oxygens (including phenoxy) is 2. The molecule has 1 heterocycles. The highest BCUT2D eigenvalue weighted by Gasteiger charge is 2.20. The van der Waals surface area contributed by atoms with Gasteiger partial charge in [0.2, 0.25) is 0 Å². The molecule has 0 spiro atoms.